The highest BCUT2D eigenvalue weighted by atomic mass is 32.2. The van der Waals surface area contributed by atoms with Gasteiger partial charge in [0.05, 0.1) is 0 Å². The highest BCUT2D eigenvalue weighted by Gasteiger charge is 2.25. The molecule has 1 aliphatic rings. The van der Waals surface area contributed by atoms with Crippen molar-refractivity contribution in [2.45, 2.75) is 6.92 Å². The number of nitrogens with zero attached hydrogens (tertiary/aromatic N) is 2. The van der Waals surface area contributed by atoms with Crippen molar-refractivity contribution in [3.8, 4) is 0 Å². The van der Waals surface area contributed by atoms with Gasteiger partial charge in [-0.1, -0.05) is 6.92 Å². The van der Waals surface area contributed by atoms with Crippen molar-refractivity contribution in [2.75, 3.05) is 45.8 Å². The van der Waals surface area contributed by atoms with Gasteiger partial charge in [-0.2, -0.15) is 12.7 Å². The van der Waals surface area contributed by atoms with Gasteiger partial charge in [-0.05, 0) is 0 Å². The third kappa shape index (κ3) is 3.69. The minimum Gasteiger partial charge on any atom is -0.329 e. The zero-order valence-corrected chi connectivity index (χ0v) is 9.96. The van der Waals surface area contributed by atoms with E-state index in [0.717, 1.165) is 19.6 Å². The minimum atomic E-state index is -3.25. The van der Waals surface area contributed by atoms with E-state index in [-0.39, 0.29) is 0 Å². The molecule has 1 saturated heterocycles. The number of nitrogens with two attached hydrogens (primary N) is 1. The minimum absolute atomic E-state index is 0.436. The lowest BCUT2D eigenvalue weighted by molar-refractivity contribution is 0.191. The number of piperazine rings is 1. The summed E-state index contributed by atoms with van der Waals surface area (Å²) in [6.07, 6.45) is 0. The molecule has 90 valence electrons. The first-order valence-corrected chi connectivity index (χ1v) is 6.71. The molecule has 0 unspecified atom stereocenters. The van der Waals surface area contributed by atoms with Crippen LogP contribution < -0.4 is 10.5 Å². The Bertz CT molecular complexity index is 272. The van der Waals surface area contributed by atoms with Crippen molar-refractivity contribution in [1.82, 2.24) is 13.9 Å². The van der Waals surface area contributed by atoms with Crippen LogP contribution in [-0.2, 0) is 10.2 Å². The summed E-state index contributed by atoms with van der Waals surface area (Å²) in [5, 5.41) is 0. The van der Waals surface area contributed by atoms with E-state index in [1.54, 1.807) is 6.92 Å². The van der Waals surface area contributed by atoms with E-state index in [4.69, 9.17) is 5.73 Å². The predicted octanol–water partition coefficient (Wildman–Crippen LogP) is -1.58. The summed E-state index contributed by atoms with van der Waals surface area (Å²) < 4.78 is 27.2. The Morgan fingerprint density at radius 2 is 1.87 bits per heavy atom. The molecule has 0 radical (unpaired) electrons. The normalized spacial score (nSPS) is 20.7. The van der Waals surface area contributed by atoms with E-state index >= 15 is 0 Å². The first kappa shape index (κ1) is 12.9. The molecule has 0 spiro atoms. The molecule has 0 aromatic heterocycles. The van der Waals surface area contributed by atoms with E-state index in [9.17, 15) is 8.42 Å². The molecule has 1 fully saturated rings. The molecule has 7 heteroatoms. The Labute approximate surface area is 91.6 Å². The Balaban J connectivity index is 2.43. The molecule has 1 heterocycles. The van der Waals surface area contributed by atoms with Crippen molar-refractivity contribution in [3.05, 3.63) is 0 Å². The Hall–Kier alpha value is -0.210. The maximum absolute atomic E-state index is 11.6. The lowest BCUT2D eigenvalue weighted by Crippen LogP contribution is -2.52. The summed E-state index contributed by atoms with van der Waals surface area (Å²) in [4.78, 5) is 2.18. The van der Waals surface area contributed by atoms with Gasteiger partial charge in [0.2, 0.25) is 0 Å². The first-order chi connectivity index (χ1) is 7.10. The second-order valence-electron chi connectivity index (χ2n) is 3.53. The Kier molecular flexibility index (Phi) is 4.94. The quantitative estimate of drug-likeness (QED) is 0.604. The average molecular weight is 236 g/mol. The molecule has 0 saturated carbocycles. The van der Waals surface area contributed by atoms with Crippen LogP contribution in [0.15, 0.2) is 0 Å². The standard InChI is InChI=1S/C8H20N4O2S/c1-2-10-15(13,14)12-7-5-11(4-3-9)6-8-12/h10H,2-9H2,1H3. The molecule has 6 nitrogen and oxygen atoms in total. The molecule has 0 bridgehead atoms. The Morgan fingerprint density at radius 3 is 2.33 bits per heavy atom. The van der Waals surface area contributed by atoms with E-state index in [2.05, 4.69) is 9.62 Å². The van der Waals surface area contributed by atoms with Crippen molar-refractivity contribution in [1.29, 1.82) is 0 Å². The number of hydrogen-bond donors (Lipinski definition) is 2. The van der Waals surface area contributed by atoms with Crippen molar-refractivity contribution >= 4 is 10.2 Å². The summed E-state index contributed by atoms with van der Waals surface area (Å²) in [6.45, 7) is 6.32. The van der Waals surface area contributed by atoms with Gasteiger partial charge in [-0.15, -0.1) is 0 Å². The van der Waals surface area contributed by atoms with Crippen LogP contribution in [0.3, 0.4) is 0 Å². The molecule has 0 aromatic rings. The maximum atomic E-state index is 11.6. The van der Waals surface area contributed by atoms with Crippen LogP contribution >= 0.6 is 0 Å². The third-order valence-electron chi connectivity index (χ3n) is 2.44. The van der Waals surface area contributed by atoms with E-state index in [0.29, 0.717) is 26.2 Å². The molecule has 0 aromatic carbocycles. The van der Waals surface area contributed by atoms with E-state index < -0.39 is 10.2 Å². The van der Waals surface area contributed by atoms with Gasteiger partial charge < -0.3 is 5.73 Å². The molecular weight excluding hydrogens is 216 g/mol. The fraction of sp³-hybridized carbons (Fsp3) is 1.00. The zero-order valence-electron chi connectivity index (χ0n) is 9.15. The molecule has 15 heavy (non-hydrogen) atoms. The third-order valence-corrected chi connectivity index (χ3v) is 4.14. The molecule has 0 atom stereocenters. The van der Waals surface area contributed by atoms with E-state index in [1.165, 1.54) is 4.31 Å². The fourth-order valence-corrected chi connectivity index (χ4v) is 2.84. The van der Waals surface area contributed by atoms with Crippen LogP contribution in [0.5, 0.6) is 0 Å². The number of rotatable bonds is 5. The topological polar surface area (TPSA) is 78.7 Å². The van der Waals surface area contributed by atoms with Crippen LogP contribution in [0.4, 0.5) is 0 Å². The summed E-state index contributed by atoms with van der Waals surface area (Å²) >= 11 is 0. The fourth-order valence-electron chi connectivity index (χ4n) is 1.65. The van der Waals surface area contributed by atoms with Crippen LogP contribution in [0.1, 0.15) is 6.92 Å². The van der Waals surface area contributed by atoms with Crippen LogP contribution in [0, 0.1) is 0 Å². The van der Waals surface area contributed by atoms with Crippen molar-refractivity contribution in [3.63, 3.8) is 0 Å². The second-order valence-corrected chi connectivity index (χ2v) is 5.29. The number of hydrogen-bond acceptors (Lipinski definition) is 4. The zero-order chi connectivity index (χ0) is 11.3. The molecule has 0 aliphatic carbocycles. The van der Waals surface area contributed by atoms with Crippen LogP contribution in [0.2, 0.25) is 0 Å². The average Bonchev–Trinajstić information content (AvgIpc) is 2.19. The molecule has 1 rings (SSSR count). The summed E-state index contributed by atoms with van der Waals surface area (Å²) in [7, 11) is -3.25. The van der Waals surface area contributed by atoms with Crippen LogP contribution in [0.25, 0.3) is 0 Å². The smallest absolute Gasteiger partial charge is 0.279 e. The summed E-state index contributed by atoms with van der Waals surface area (Å²) in [5.74, 6) is 0. The lowest BCUT2D eigenvalue weighted by Gasteiger charge is -2.33. The van der Waals surface area contributed by atoms with E-state index in [1.807, 2.05) is 0 Å². The lowest BCUT2D eigenvalue weighted by atomic mass is 10.3. The molecule has 3 N–H and O–H groups in total. The molecule has 1 aliphatic heterocycles. The second kappa shape index (κ2) is 5.76. The SMILES string of the molecule is CCNS(=O)(=O)N1CCN(CCN)CC1. The van der Waals surface area contributed by atoms with Crippen LogP contribution in [-0.4, -0.2) is 63.4 Å². The number of nitrogens with one attached hydrogen (secondary N) is 1. The predicted molar refractivity (Wildman–Crippen MR) is 59.7 cm³/mol. The van der Waals surface area contributed by atoms with Crippen molar-refractivity contribution < 1.29 is 8.42 Å². The summed E-state index contributed by atoms with van der Waals surface area (Å²) in [5.41, 5.74) is 5.44. The van der Waals surface area contributed by atoms with Gasteiger partial charge in [0.25, 0.3) is 10.2 Å². The highest BCUT2D eigenvalue weighted by Crippen LogP contribution is 2.05. The maximum Gasteiger partial charge on any atom is 0.279 e. The molecule has 0 amide bonds. The van der Waals surface area contributed by atoms with Gasteiger partial charge in [-0.25, -0.2) is 4.72 Å². The summed E-state index contributed by atoms with van der Waals surface area (Å²) in [6, 6.07) is 0. The highest BCUT2D eigenvalue weighted by molar-refractivity contribution is 7.87. The van der Waals surface area contributed by atoms with Gasteiger partial charge in [0.15, 0.2) is 0 Å². The van der Waals surface area contributed by atoms with Gasteiger partial charge in [0, 0.05) is 45.8 Å². The van der Waals surface area contributed by atoms with Crippen molar-refractivity contribution in [2.24, 2.45) is 5.73 Å². The van der Waals surface area contributed by atoms with Gasteiger partial charge >= 0.3 is 0 Å². The largest absolute Gasteiger partial charge is 0.329 e. The Morgan fingerprint density at radius 1 is 1.27 bits per heavy atom. The van der Waals surface area contributed by atoms with Gasteiger partial charge in [-0.3, -0.25) is 4.90 Å². The molecular formula is C8H20N4O2S. The van der Waals surface area contributed by atoms with Gasteiger partial charge in [0.1, 0.15) is 0 Å². The monoisotopic (exact) mass is 236 g/mol. The first-order valence-electron chi connectivity index (χ1n) is 5.27.